The lowest BCUT2D eigenvalue weighted by Gasteiger charge is -2.43. The van der Waals surface area contributed by atoms with Crippen LogP contribution in [-0.2, 0) is 22.7 Å². The van der Waals surface area contributed by atoms with Gasteiger partial charge < -0.3 is 0 Å². The molecule has 0 saturated carbocycles. The van der Waals surface area contributed by atoms with Gasteiger partial charge in [-0.2, -0.15) is 0 Å². The highest BCUT2D eigenvalue weighted by molar-refractivity contribution is 7.26. The number of hydrogen-bond acceptors (Lipinski definition) is 2. The van der Waals surface area contributed by atoms with E-state index in [2.05, 4.69) is 98.7 Å². The SMILES string of the molecule is CC(C)Cc1c2c(c3sc4c(-c5cc(C(C)(C)C)c6ccccc6c5)nccc4c3c1F)C(C)(C)CCC2(C)C. The molecule has 0 unspecified atom stereocenters. The zero-order valence-electron chi connectivity index (χ0n) is 25.6. The van der Waals surface area contributed by atoms with E-state index in [1.807, 2.05) is 12.3 Å². The summed E-state index contributed by atoms with van der Waals surface area (Å²) in [6.45, 7) is 20.6. The van der Waals surface area contributed by atoms with Gasteiger partial charge in [-0.1, -0.05) is 86.6 Å². The molecule has 0 saturated heterocycles. The van der Waals surface area contributed by atoms with E-state index >= 15 is 4.39 Å². The van der Waals surface area contributed by atoms with Gasteiger partial charge >= 0.3 is 0 Å². The van der Waals surface area contributed by atoms with Crippen LogP contribution in [0, 0.1) is 11.7 Å². The molecule has 2 aromatic heterocycles. The highest BCUT2D eigenvalue weighted by Crippen LogP contribution is 2.54. The molecule has 1 nitrogen and oxygen atoms in total. The quantitative estimate of drug-likeness (QED) is 0.217. The van der Waals surface area contributed by atoms with E-state index in [4.69, 9.17) is 4.98 Å². The summed E-state index contributed by atoms with van der Waals surface area (Å²) in [5.41, 5.74) is 6.87. The van der Waals surface area contributed by atoms with Gasteiger partial charge in [0.1, 0.15) is 5.82 Å². The molecule has 6 rings (SSSR count). The van der Waals surface area contributed by atoms with Crippen LogP contribution in [0.5, 0.6) is 0 Å². The number of fused-ring (bicyclic) bond motifs is 6. The summed E-state index contributed by atoms with van der Waals surface area (Å²) in [5, 5.41) is 4.31. The van der Waals surface area contributed by atoms with E-state index in [-0.39, 0.29) is 22.1 Å². The molecule has 2 heterocycles. The minimum atomic E-state index is -0.0542. The van der Waals surface area contributed by atoms with Gasteiger partial charge in [0, 0.05) is 27.2 Å². The summed E-state index contributed by atoms with van der Waals surface area (Å²) in [6, 6.07) is 15.3. The Balaban J connectivity index is 1.74. The highest BCUT2D eigenvalue weighted by Gasteiger charge is 2.42. The van der Waals surface area contributed by atoms with Crippen LogP contribution >= 0.6 is 11.3 Å². The van der Waals surface area contributed by atoms with Gasteiger partial charge in [-0.15, -0.1) is 11.3 Å². The number of pyridine rings is 1. The molecule has 0 aliphatic heterocycles. The normalized spacial score (nSPS) is 16.8. The molecule has 1 aliphatic rings. The minimum absolute atomic E-state index is 0.00878. The average molecular weight is 552 g/mol. The van der Waals surface area contributed by atoms with Crippen molar-refractivity contribution in [3.05, 3.63) is 76.7 Å². The van der Waals surface area contributed by atoms with Crippen LogP contribution < -0.4 is 0 Å². The van der Waals surface area contributed by atoms with Crippen molar-refractivity contribution in [2.75, 3.05) is 0 Å². The molecular formula is C37H42FNS. The fourth-order valence-electron chi connectivity index (χ4n) is 7.08. The van der Waals surface area contributed by atoms with Crippen LogP contribution in [-0.4, -0.2) is 4.98 Å². The van der Waals surface area contributed by atoms with Crippen molar-refractivity contribution in [3.8, 4) is 11.3 Å². The third-order valence-electron chi connectivity index (χ3n) is 9.15. The molecule has 3 aromatic carbocycles. The second-order valence-electron chi connectivity index (χ2n) is 14.7. The molecule has 0 amide bonds. The molecule has 0 atom stereocenters. The molecule has 5 aromatic rings. The number of thiophene rings is 1. The van der Waals surface area contributed by atoms with Crippen molar-refractivity contribution in [1.29, 1.82) is 0 Å². The lowest BCUT2D eigenvalue weighted by Crippen LogP contribution is -2.35. The molecule has 0 N–H and O–H groups in total. The Kier molecular flexibility index (Phi) is 6.24. The zero-order chi connectivity index (χ0) is 28.8. The van der Waals surface area contributed by atoms with Gasteiger partial charge in [0.15, 0.2) is 0 Å². The number of rotatable bonds is 3. The first-order valence-electron chi connectivity index (χ1n) is 14.8. The lowest BCUT2D eigenvalue weighted by atomic mass is 9.61. The number of halogens is 1. The maximum atomic E-state index is 16.9. The molecule has 0 bridgehead atoms. The van der Waals surface area contributed by atoms with E-state index in [1.165, 1.54) is 27.5 Å². The van der Waals surface area contributed by atoms with Gasteiger partial charge in [-0.25, -0.2) is 4.39 Å². The van der Waals surface area contributed by atoms with Crippen molar-refractivity contribution < 1.29 is 4.39 Å². The molecule has 3 heteroatoms. The van der Waals surface area contributed by atoms with Crippen LogP contribution in [0.15, 0.2) is 48.7 Å². The molecule has 0 spiro atoms. The summed E-state index contributed by atoms with van der Waals surface area (Å²) in [6.07, 6.45) is 4.83. The topological polar surface area (TPSA) is 12.9 Å². The predicted octanol–water partition coefficient (Wildman–Crippen LogP) is 11.3. The fourth-order valence-corrected chi connectivity index (χ4v) is 8.62. The van der Waals surface area contributed by atoms with Crippen molar-refractivity contribution in [2.45, 2.75) is 97.8 Å². The predicted molar refractivity (Wildman–Crippen MR) is 173 cm³/mol. The summed E-state index contributed by atoms with van der Waals surface area (Å²) in [5.74, 6) is 0.373. The van der Waals surface area contributed by atoms with Crippen LogP contribution in [0.1, 0.15) is 97.4 Å². The molecular weight excluding hydrogens is 509 g/mol. The van der Waals surface area contributed by atoms with E-state index in [9.17, 15) is 0 Å². The second kappa shape index (κ2) is 9.11. The monoisotopic (exact) mass is 551 g/mol. The fraction of sp³-hybridized carbons (Fsp3) is 0.432. The first kappa shape index (κ1) is 27.4. The van der Waals surface area contributed by atoms with Crippen molar-refractivity contribution >= 4 is 42.3 Å². The standard InChI is InChI=1S/C37H42FNS/c1-21(2)18-26-29-30(37(8,9)16-15-36(29,6)7)34-28(31(26)38)25-14-17-39-32(33(25)40-34)23-19-22-12-10-11-13-24(22)27(20-23)35(3,4)5/h10-14,17,19-21H,15-16,18H2,1-9H3. The Morgan fingerprint density at radius 3 is 2.25 bits per heavy atom. The first-order valence-corrected chi connectivity index (χ1v) is 15.6. The second-order valence-corrected chi connectivity index (χ2v) is 15.8. The Labute approximate surface area is 242 Å². The van der Waals surface area contributed by atoms with E-state index in [0.29, 0.717) is 5.92 Å². The lowest BCUT2D eigenvalue weighted by molar-refractivity contribution is 0.329. The Bertz CT molecular complexity index is 1800. The third kappa shape index (κ3) is 4.19. The Morgan fingerprint density at radius 1 is 0.900 bits per heavy atom. The summed E-state index contributed by atoms with van der Waals surface area (Å²) >= 11 is 1.76. The largest absolute Gasteiger partial charge is 0.255 e. The van der Waals surface area contributed by atoms with Gasteiger partial charge in [0.25, 0.3) is 0 Å². The van der Waals surface area contributed by atoms with Crippen LogP contribution in [0.4, 0.5) is 4.39 Å². The van der Waals surface area contributed by atoms with Gasteiger partial charge in [0.2, 0.25) is 0 Å². The summed E-state index contributed by atoms with van der Waals surface area (Å²) in [4.78, 5) is 4.97. The average Bonchev–Trinajstić information content (AvgIpc) is 3.26. The summed E-state index contributed by atoms with van der Waals surface area (Å²) in [7, 11) is 0. The summed E-state index contributed by atoms with van der Waals surface area (Å²) < 4.78 is 19.1. The number of benzene rings is 3. The van der Waals surface area contributed by atoms with Crippen LogP contribution in [0.2, 0.25) is 0 Å². The smallest absolute Gasteiger partial charge is 0.136 e. The van der Waals surface area contributed by atoms with Crippen LogP contribution in [0.3, 0.4) is 0 Å². The van der Waals surface area contributed by atoms with E-state index in [1.54, 1.807) is 11.3 Å². The molecule has 1 aliphatic carbocycles. The highest BCUT2D eigenvalue weighted by atomic mass is 32.1. The van der Waals surface area contributed by atoms with Gasteiger partial charge in [0.05, 0.1) is 10.4 Å². The number of nitrogens with zero attached hydrogens (tertiary/aromatic N) is 1. The van der Waals surface area contributed by atoms with E-state index in [0.717, 1.165) is 56.3 Å². The van der Waals surface area contributed by atoms with E-state index < -0.39 is 0 Å². The molecule has 0 fully saturated rings. The number of hydrogen-bond donors (Lipinski definition) is 0. The van der Waals surface area contributed by atoms with Crippen LogP contribution in [0.25, 0.3) is 42.2 Å². The molecule has 40 heavy (non-hydrogen) atoms. The first-order chi connectivity index (χ1) is 18.7. The Hall–Kier alpha value is -2.78. The van der Waals surface area contributed by atoms with Gasteiger partial charge in [-0.05, 0) is 92.7 Å². The van der Waals surface area contributed by atoms with Crippen molar-refractivity contribution in [2.24, 2.45) is 5.92 Å². The minimum Gasteiger partial charge on any atom is -0.255 e. The van der Waals surface area contributed by atoms with Crippen molar-refractivity contribution in [1.82, 2.24) is 4.98 Å². The zero-order valence-corrected chi connectivity index (χ0v) is 26.4. The number of aromatic nitrogens is 1. The molecule has 0 radical (unpaired) electrons. The van der Waals surface area contributed by atoms with Crippen molar-refractivity contribution in [3.63, 3.8) is 0 Å². The Morgan fingerprint density at radius 2 is 1.57 bits per heavy atom. The third-order valence-corrected chi connectivity index (χ3v) is 10.4. The maximum absolute atomic E-state index is 16.9. The maximum Gasteiger partial charge on any atom is 0.136 e. The molecule has 208 valence electrons. The van der Waals surface area contributed by atoms with Gasteiger partial charge in [-0.3, -0.25) is 4.98 Å².